The van der Waals surface area contributed by atoms with E-state index in [1.165, 1.54) is 0 Å². The van der Waals surface area contributed by atoms with Crippen LogP contribution in [0.1, 0.15) is 5.76 Å². The van der Waals surface area contributed by atoms with Crippen LogP contribution < -0.4 is 4.74 Å². The molecule has 0 N–H and O–H groups in total. The number of benzene rings is 2. The molecule has 6 heteroatoms. The lowest BCUT2D eigenvalue weighted by Gasteiger charge is -2.04. The summed E-state index contributed by atoms with van der Waals surface area (Å²) in [6, 6.07) is 11.0. The second-order valence-electron chi connectivity index (χ2n) is 4.73. The van der Waals surface area contributed by atoms with Crippen molar-refractivity contribution in [1.82, 2.24) is 0 Å². The monoisotopic (exact) mass is 488 g/mol. The van der Waals surface area contributed by atoms with Crippen molar-refractivity contribution in [1.29, 1.82) is 0 Å². The van der Waals surface area contributed by atoms with Crippen LogP contribution in [0.4, 0.5) is 0 Å². The Morgan fingerprint density at radius 3 is 2.46 bits per heavy atom. The zero-order valence-electron chi connectivity index (χ0n) is 12.6. The van der Waals surface area contributed by atoms with Gasteiger partial charge < -0.3 is 9.15 Å². The second-order valence-corrected chi connectivity index (χ2v) is 7.31. The van der Waals surface area contributed by atoms with Gasteiger partial charge >= 0.3 is 0 Å². The minimum absolute atomic E-state index is 0.264. The Kier molecular flexibility index (Phi) is 7.06. The van der Waals surface area contributed by atoms with Gasteiger partial charge in [0, 0.05) is 15.4 Å². The zero-order chi connectivity index (χ0) is 17.7. The molecular formula is C18H12Br2Cl2O2. The third-order valence-electron chi connectivity index (χ3n) is 2.86. The molecule has 0 saturated carbocycles. The molecule has 2 aromatic carbocycles. The predicted octanol–water partition coefficient (Wildman–Crippen LogP) is 7.27. The molecule has 3 aromatic rings. The van der Waals surface area contributed by atoms with Gasteiger partial charge in [0.05, 0.1) is 8.95 Å². The standard InChI is InChI=1S/2C9H6BrClO/c1-5-2-6-3-7(11)4-8(10)9(6)12-5;1-2-5-12-9-4-3-7(11)6-8(9)10/h2-4H,1H3;1,3-4,6H,5H2. The fraction of sp³-hybridized carbons (Fsp3) is 0.111. The largest absolute Gasteiger partial charge is 0.480 e. The summed E-state index contributed by atoms with van der Waals surface area (Å²) in [5.41, 5.74) is 0.858. The van der Waals surface area contributed by atoms with Crippen LogP contribution in [0.15, 0.2) is 49.8 Å². The molecule has 0 amide bonds. The Morgan fingerprint density at radius 1 is 1.08 bits per heavy atom. The molecule has 0 aliphatic rings. The molecule has 3 rings (SSSR count). The summed E-state index contributed by atoms with van der Waals surface area (Å²) in [6.07, 6.45) is 5.04. The van der Waals surface area contributed by atoms with E-state index in [0.717, 1.165) is 30.7 Å². The number of ether oxygens (including phenoxy) is 1. The number of rotatable bonds is 2. The predicted molar refractivity (Wildman–Crippen MR) is 107 cm³/mol. The van der Waals surface area contributed by atoms with Crippen molar-refractivity contribution < 1.29 is 9.15 Å². The van der Waals surface area contributed by atoms with Gasteiger partial charge in [0.15, 0.2) is 0 Å². The number of terminal acetylenes is 1. The van der Waals surface area contributed by atoms with E-state index in [0.29, 0.717) is 10.8 Å². The maximum Gasteiger partial charge on any atom is 0.148 e. The average Bonchev–Trinajstić information content (AvgIpc) is 2.88. The van der Waals surface area contributed by atoms with E-state index in [1.807, 2.05) is 25.1 Å². The van der Waals surface area contributed by atoms with Crippen LogP contribution in [0, 0.1) is 19.3 Å². The summed E-state index contributed by atoms with van der Waals surface area (Å²) in [5.74, 6) is 3.98. The Labute approximate surface area is 167 Å². The third kappa shape index (κ3) is 5.19. The average molecular weight is 491 g/mol. The highest BCUT2D eigenvalue weighted by molar-refractivity contribution is 9.11. The van der Waals surface area contributed by atoms with Crippen molar-refractivity contribution >= 4 is 66.0 Å². The van der Waals surface area contributed by atoms with Crippen molar-refractivity contribution in [2.75, 3.05) is 6.61 Å². The highest BCUT2D eigenvalue weighted by Crippen LogP contribution is 2.30. The minimum Gasteiger partial charge on any atom is -0.480 e. The van der Waals surface area contributed by atoms with Gasteiger partial charge in [-0.05, 0) is 75.2 Å². The lowest BCUT2D eigenvalue weighted by Crippen LogP contribution is -1.93. The van der Waals surface area contributed by atoms with Crippen LogP contribution in [-0.4, -0.2) is 6.61 Å². The molecule has 124 valence electrons. The SMILES string of the molecule is C#CCOc1ccc(Cl)cc1Br.Cc1cc2cc(Cl)cc(Br)c2o1. The van der Waals surface area contributed by atoms with Crippen molar-refractivity contribution in [3.63, 3.8) is 0 Å². The molecule has 24 heavy (non-hydrogen) atoms. The molecule has 0 aliphatic heterocycles. The quantitative estimate of drug-likeness (QED) is 0.352. The highest BCUT2D eigenvalue weighted by Gasteiger charge is 2.05. The summed E-state index contributed by atoms with van der Waals surface area (Å²) >= 11 is 18.3. The first-order chi connectivity index (χ1) is 11.4. The summed E-state index contributed by atoms with van der Waals surface area (Å²) in [4.78, 5) is 0. The molecule has 0 aliphatic carbocycles. The summed E-state index contributed by atoms with van der Waals surface area (Å²) in [5, 5.41) is 2.41. The van der Waals surface area contributed by atoms with E-state index in [1.54, 1.807) is 18.2 Å². The summed E-state index contributed by atoms with van der Waals surface area (Å²) < 4.78 is 12.4. The molecule has 0 spiro atoms. The summed E-state index contributed by atoms with van der Waals surface area (Å²) in [7, 11) is 0. The van der Waals surface area contributed by atoms with Crippen molar-refractivity contribution in [3.05, 3.63) is 61.1 Å². The maximum absolute atomic E-state index is 5.86. The number of furan rings is 1. The smallest absolute Gasteiger partial charge is 0.148 e. The van der Waals surface area contributed by atoms with Crippen LogP contribution >= 0.6 is 55.1 Å². The van der Waals surface area contributed by atoms with Crippen LogP contribution in [0.2, 0.25) is 10.0 Å². The fourth-order valence-corrected chi connectivity index (χ4v) is 3.63. The first-order valence-corrected chi connectivity index (χ1v) is 9.11. The van der Waals surface area contributed by atoms with E-state index >= 15 is 0 Å². The van der Waals surface area contributed by atoms with Gasteiger partial charge in [0.1, 0.15) is 23.7 Å². The van der Waals surface area contributed by atoms with Gasteiger partial charge in [-0.2, -0.15) is 0 Å². The van der Waals surface area contributed by atoms with Crippen LogP contribution in [0.5, 0.6) is 5.75 Å². The number of hydrogen-bond donors (Lipinski definition) is 0. The van der Waals surface area contributed by atoms with Crippen molar-refractivity contribution in [2.45, 2.75) is 6.92 Å². The first-order valence-electron chi connectivity index (χ1n) is 6.77. The molecule has 0 radical (unpaired) electrons. The topological polar surface area (TPSA) is 22.4 Å². The van der Waals surface area contributed by atoms with Crippen LogP contribution in [-0.2, 0) is 0 Å². The van der Waals surface area contributed by atoms with E-state index in [2.05, 4.69) is 37.8 Å². The molecular weight excluding hydrogens is 479 g/mol. The normalized spacial score (nSPS) is 10.0. The number of aryl methyl sites for hydroxylation is 1. The Bertz CT molecular complexity index is 898. The van der Waals surface area contributed by atoms with E-state index in [-0.39, 0.29) is 6.61 Å². The minimum atomic E-state index is 0.264. The van der Waals surface area contributed by atoms with Crippen molar-refractivity contribution in [3.8, 4) is 18.1 Å². The van der Waals surface area contributed by atoms with Gasteiger partial charge in [0.25, 0.3) is 0 Å². The van der Waals surface area contributed by atoms with Gasteiger partial charge in [-0.15, -0.1) is 6.42 Å². The maximum atomic E-state index is 5.86. The van der Waals surface area contributed by atoms with E-state index in [4.69, 9.17) is 38.8 Å². The first kappa shape index (κ1) is 19.2. The second kappa shape index (κ2) is 8.82. The van der Waals surface area contributed by atoms with E-state index < -0.39 is 0 Å². The number of fused-ring (bicyclic) bond motifs is 1. The summed E-state index contributed by atoms with van der Waals surface area (Å²) in [6.45, 7) is 2.18. The molecule has 1 aromatic heterocycles. The fourth-order valence-electron chi connectivity index (χ4n) is 1.92. The highest BCUT2D eigenvalue weighted by atomic mass is 79.9. The Balaban J connectivity index is 0.000000174. The lowest BCUT2D eigenvalue weighted by molar-refractivity contribution is 0.368. The van der Waals surface area contributed by atoms with Gasteiger partial charge in [-0.3, -0.25) is 0 Å². The Morgan fingerprint density at radius 2 is 1.79 bits per heavy atom. The molecule has 0 unspecified atom stereocenters. The number of halogens is 4. The molecule has 0 atom stereocenters. The van der Waals surface area contributed by atoms with Crippen LogP contribution in [0.3, 0.4) is 0 Å². The Hall–Kier alpha value is -1.12. The van der Waals surface area contributed by atoms with Gasteiger partial charge in [0.2, 0.25) is 0 Å². The zero-order valence-corrected chi connectivity index (χ0v) is 17.3. The van der Waals surface area contributed by atoms with Crippen LogP contribution in [0.25, 0.3) is 11.0 Å². The van der Waals surface area contributed by atoms with Gasteiger partial charge in [-0.1, -0.05) is 29.1 Å². The number of hydrogen-bond acceptors (Lipinski definition) is 2. The van der Waals surface area contributed by atoms with E-state index in [9.17, 15) is 0 Å². The molecule has 2 nitrogen and oxygen atoms in total. The molecule has 0 fully saturated rings. The third-order valence-corrected chi connectivity index (χ3v) is 4.53. The molecule has 0 saturated heterocycles. The molecule has 1 heterocycles. The lowest BCUT2D eigenvalue weighted by atomic mass is 10.2. The molecule has 0 bridgehead atoms. The van der Waals surface area contributed by atoms with Crippen molar-refractivity contribution in [2.24, 2.45) is 0 Å². The van der Waals surface area contributed by atoms with Gasteiger partial charge in [-0.25, -0.2) is 0 Å².